The number of rotatable bonds is 5. The molecule has 0 spiro atoms. The van der Waals surface area contributed by atoms with Crippen LogP contribution in [0, 0.1) is 17.0 Å². The maximum Gasteiger partial charge on any atom is 0.290 e. The summed E-state index contributed by atoms with van der Waals surface area (Å²) in [6.45, 7) is 2.80. The predicted octanol–water partition coefficient (Wildman–Crippen LogP) is 0.453. The zero-order valence-electron chi connectivity index (χ0n) is 9.67. The fourth-order valence-electron chi connectivity index (χ4n) is 1.17. The number of pyridine rings is 1. The van der Waals surface area contributed by atoms with Crippen molar-refractivity contribution in [2.75, 3.05) is 18.5 Å². The van der Waals surface area contributed by atoms with Crippen molar-refractivity contribution in [1.82, 2.24) is 4.98 Å². The average molecular weight is 241 g/mol. The molecular formula is C10H15N3O4. The Kier molecular flexibility index (Phi) is 3.97. The first kappa shape index (κ1) is 13.3. The van der Waals surface area contributed by atoms with E-state index in [4.69, 9.17) is 5.11 Å². The SMILES string of the molecule is Cc1cc(NCC(C)(O)CO)ncc1[N+](=O)[O-]. The van der Waals surface area contributed by atoms with E-state index >= 15 is 0 Å². The van der Waals surface area contributed by atoms with E-state index in [0.717, 1.165) is 6.20 Å². The lowest BCUT2D eigenvalue weighted by molar-refractivity contribution is -0.385. The number of aliphatic hydroxyl groups excluding tert-OH is 1. The van der Waals surface area contributed by atoms with E-state index in [1.807, 2.05) is 0 Å². The lowest BCUT2D eigenvalue weighted by Gasteiger charge is -2.20. The van der Waals surface area contributed by atoms with Gasteiger partial charge in [0.2, 0.25) is 0 Å². The Morgan fingerprint density at radius 3 is 2.76 bits per heavy atom. The van der Waals surface area contributed by atoms with E-state index in [-0.39, 0.29) is 18.8 Å². The highest BCUT2D eigenvalue weighted by molar-refractivity contribution is 5.46. The van der Waals surface area contributed by atoms with E-state index < -0.39 is 10.5 Å². The van der Waals surface area contributed by atoms with Gasteiger partial charge in [0.1, 0.15) is 17.6 Å². The lowest BCUT2D eigenvalue weighted by atomic mass is 10.1. The molecule has 0 fully saturated rings. The van der Waals surface area contributed by atoms with Crippen molar-refractivity contribution in [1.29, 1.82) is 0 Å². The first-order valence-electron chi connectivity index (χ1n) is 5.04. The predicted molar refractivity (Wildman–Crippen MR) is 61.8 cm³/mol. The number of aliphatic hydroxyl groups is 2. The van der Waals surface area contributed by atoms with Gasteiger partial charge in [0.15, 0.2) is 0 Å². The Labute approximate surface area is 98.3 Å². The summed E-state index contributed by atoms with van der Waals surface area (Å²) in [7, 11) is 0. The van der Waals surface area contributed by atoms with Crippen LogP contribution in [0.1, 0.15) is 12.5 Å². The molecule has 1 heterocycles. The van der Waals surface area contributed by atoms with Gasteiger partial charge in [0, 0.05) is 12.1 Å². The number of nitro groups is 1. The van der Waals surface area contributed by atoms with Crippen LogP contribution in [0.15, 0.2) is 12.3 Å². The summed E-state index contributed by atoms with van der Waals surface area (Å²) >= 11 is 0. The summed E-state index contributed by atoms with van der Waals surface area (Å²) in [4.78, 5) is 13.9. The van der Waals surface area contributed by atoms with Gasteiger partial charge >= 0.3 is 0 Å². The van der Waals surface area contributed by atoms with E-state index in [2.05, 4.69) is 10.3 Å². The molecule has 0 radical (unpaired) electrons. The Bertz CT molecular complexity index is 420. The highest BCUT2D eigenvalue weighted by Gasteiger charge is 2.19. The molecular weight excluding hydrogens is 226 g/mol. The highest BCUT2D eigenvalue weighted by atomic mass is 16.6. The number of nitrogens with zero attached hydrogens (tertiary/aromatic N) is 2. The van der Waals surface area contributed by atoms with Crippen molar-refractivity contribution < 1.29 is 15.1 Å². The van der Waals surface area contributed by atoms with Gasteiger partial charge in [-0.05, 0) is 19.9 Å². The van der Waals surface area contributed by atoms with Crippen LogP contribution in [0.4, 0.5) is 11.5 Å². The molecule has 1 aromatic heterocycles. The van der Waals surface area contributed by atoms with Crippen LogP contribution in [0.2, 0.25) is 0 Å². The number of aromatic nitrogens is 1. The molecule has 1 aromatic rings. The normalized spacial score (nSPS) is 14.1. The van der Waals surface area contributed by atoms with E-state index in [9.17, 15) is 15.2 Å². The van der Waals surface area contributed by atoms with Crippen molar-refractivity contribution >= 4 is 11.5 Å². The molecule has 0 aromatic carbocycles. The van der Waals surface area contributed by atoms with Crippen molar-refractivity contribution in [3.8, 4) is 0 Å². The minimum absolute atomic E-state index is 0.0514. The molecule has 3 N–H and O–H groups in total. The van der Waals surface area contributed by atoms with Gasteiger partial charge in [-0.2, -0.15) is 0 Å². The van der Waals surface area contributed by atoms with Crippen LogP contribution in [-0.4, -0.2) is 38.9 Å². The van der Waals surface area contributed by atoms with Gasteiger partial charge in [0.25, 0.3) is 5.69 Å². The van der Waals surface area contributed by atoms with Crippen LogP contribution < -0.4 is 5.32 Å². The van der Waals surface area contributed by atoms with Crippen LogP contribution >= 0.6 is 0 Å². The van der Waals surface area contributed by atoms with Gasteiger partial charge in [-0.25, -0.2) is 4.98 Å². The standard InChI is InChI=1S/C10H15N3O4/c1-7-3-9(11-4-8(7)13(16)17)12-5-10(2,15)6-14/h3-4,14-15H,5-6H2,1-2H3,(H,11,12). The van der Waals surface area contributed by atoms with Gasteiger partial charge < -0.3 is 15.5 Å². The van der Waals surface area contributed by atoms with E-state index in [1.54, 1.807) is 6.92 Å². The summed E-state index contributed by atoms with van der Waals surface area (Å²) in [6, 6.07) is 1.52. The summed E-state index contributed by atoms with van der Waals surface area (Å²) in [5.41, 5.74) is -0.821. The molecule has 0 aliphatic carbocycles. The average Bonchev–Trinajstić information content (AvgIpc) is 2.26. The number of nitrogens with one attached hydrogen (secondary N) is 1. The molecule has 1 atom stereocenters. The van der Waals surface area contributed by atoms with Crippen LogP contribution in [0.5, 0.6) is 0 Å². The molecule has 0 aliphatic heterocycles. The third-order valence-electron chi connectivity index (χ3n) is 2.27. The number of hydrogen-bond donors (Lipinski definition) is 3. The van der Waals surface area contributed by atoms with E-state index in [1.165, 1.54) is 13.0 Å². The molecule has 7 nitrogen and oxygen atoms in total. The molecule has 0 saturated carbocycles. The Balaban J connectivity index is 2.75. The second-order valence-electron chi connectivity index (χ2n) is 4.12. The third-order valence-corrected chi connectivity index (χ3v) is 2.27. The largest absolute Gasteiger partial charge is 0.393 e. The zero-order valence-corrected chi connectivity index (χ0v) is 9.67. The molecule has 1 rings (SSSR count). The fourth-order valence-corrected chi connectivity index (χ4v) is 1.17. The molecule has 7 heteroatoms. The molecule has 17 heavy (non-hydrogen) atoms. The molecule has 0 bridgehead atoms. The smallest absolute Gasteiger partial charge is 0.290 e. The molecule has 1 unspecified atom stereocenters. The van der Waals surface area contributed by atoms with Crippen LogP contribution in [-0.2, 0) is 0 Å². The van der Waals surface area contributed by atoms with Gasteiger partial charge in [-0.1, -0.05) is 0 Å². The van der Waals surface area contributed by atoms with Crippen LogP contribution in [0.3, 0.4) is 0 Å². The summed E-state index contributed by atoms with van der Waals surface area (Å²) in [6.07, 6.45) is 1.16. The van der Waals surface area contributed by atoms with Gasteiger partial charge in [-0.15, -0.1) is 0 Å². The Morgan fingerprint density at radius 2 is 2.29 bits per heavy atom. The minimum Gasteiger partial charge on any atom is -0.393 e. The molecule has 94 valence electrons. The first-order chi connectivity index (χ1) is 7.85. The maximum absolute atomic E-state index is 10.6. The topological polar surface area (TPSA) is 109 Å². The van der Waals surface area contributed by atoms with Crippen molar-refractivity contribution in [3.63, 3.8) is 0 Å². The lowest BCUT2D eigenvalue weighted by Crippen LogP contribution is -2.37. The molecule has 0 saturated heterocycles. The monoisotopic (exact) mass is 241 g/mol. The first-order valence-corrected chi connectivity index (χ1v) is 5.04. The van der Waals surface area contributed by atoms with Crippen molar-refractivity contribution in [3.05, 3.63) is 27.9 Å². The number of aryl methyl sites for hydroxylation is 1. The van der Waals surface area contributed by atoms with Gasteiger partial charge in [-0.3, -0.25) is 10.1 Å². The quantitative estimate of drug-likeness (QED) is 0.510. The number of anilines is 1. The van der Waals surface area contributed by atoms with Crippen LogP contribution in [0.25, 0.3) is 0 Å². The summed E-state index contributed by atoms with van der Waals surface area (Å²) in [5.74, 6) is 0.418. The highest BCUT2D eigenvalue weighted by Crippen LogP contribution is 2.19. The minimum atomic E-state index is -1.25. The second kappa shape index (κ2) is 5.07. The second-order valence-corrected chi connectivity index (χ2v) is 4.12. The van der Waals surface area contributed by atoms with E-state index in [0.29, 0.717) is 11.4 Å². The summed E-state index contributed by atoms with van der Waals surface area (Å²) in [5, 5.41) is 31.8. The van der Waals surface area contributed by atoms with Crippen molar-refractivity contribution in [2.45, 2.75) is 19.4 Å². The fraction of sp³-hybridized carbons (Fsp3) is 0.500. The third kappa shape index (κ3) is 3.65. The Hall–Kier alpha value is -1.73. The van der Waals surface area contributed by atoms with Gasteiger partial charge in [0.05, 0.1) is 11.5 Å². The molecule has 0 aliphatic rings. The Morgan fingerprint density at radius 1 is 1.65 bits per heavy atom. The van der Waals surface area contributed by atoms with Crippen molar-refractivity contribution in [2.24, 2.45) is 0 Å². The molecule has 0 amide bonds. The summed E-state index contributed by atoms with van der Waals surface area (Å²) < 4.78 is 0. The maximum atomic E-state index is 10.6. The zero-order chi connectivity index (χ0) is 13.1. The number of hydrogen-bond acceptors (Lipinski definition) is 6.